The Kier molecular flexibility index (Phi) is 4.98. The Balaban J connectivity index is 2.43. The van der Waals surface area contributed by atoms with Crippen LogP contribution in [0.5, 0.6) is 0 Å². The van der Waals surface area contributed by atoms with Crippen LogP contribution in [0.25, 0.3) is 0 Å². The molecule has 16 heavy (non-hydrogen) atoms. The molecule has 3 N–H and O–H groups in total. The molecular weight excluding hydrogens is 204 g/mol. The number of carbonyl (C=O) groups excluding carboxylic acids is 1. The van der Waals surface area contributed by atoms with Crippen LogP contribution in [-0.2, 0) is 17.8 Å². The van der Waals surface area contributed by atoms with Crippen LogP contribution in [-0.4, -0.2) is 28.0 Å². The first-order chi connectivity index (χ1) is 7.65. The quantitative estimate of drug-likeness (QED) is 0.730. The third-order valence-corrected chi connectivity index (χ3v) is 2.43. The Morgan fingerprint density at radius 1 is 1.69 bits per heavy atom. The fourth-order valence-electron chi connectivity index (χ4n) is 1.36. The second-order valence-corrected chi connectivity index (χ2v) is 3.95. The van der Waals surface area contributed by atoms with Gasteiger partial charge in [-0.15, -0.1) is 0 Å². The van der Waals surface area contributed by atoms with E-state index in [1.165, 1.54) is 0 Å². The molecule has 0 aliphatic rings. The summed E-state index contributed by atoms with van der Waals surface area (Å²) in [6.45, 7) is 4.94. The van der Waals surface area contributed by atoms with Crippen LogP contribution in [0.2, 0.25) is 0 Å². The maximum absolute atomic E-state index is 11.6. The Morgan fingerprint density at radius 2 is 2.44 bits per heavy atom. The highest BCUT2D eigenvalue weighted by molar-refractivity contribution is 5.75. The van der Waals surface area contributed by atoms with E-state index in [2.05, 4.69) is 10.3 Å². The maximum Gasteiger partial charge on any atom is 0.240 e. The molecule has 0 spiro atoms. The highest BCUT2D eigenvalue weighted by atomic mass is 16.2. The van der Waals surface area contributed by atoms with Gasteiger partial charge >= 0.3 is 0 Å². The molecular formula is C11H20N4O. The summed E-state index contributed by atoms with van der Waals surface area (Å²) in [7, 11) is 0. The van der Waals surface area contributed by atoms with Crippen LogP contribution in [0.1, 0.15) is 26.0 Å². The molecule has 0 aliphatic carbocycles. The van der Waals surface area contributed by atoms with Gasteiger partial charge in [0, 0.05) is 18.7 Å². The third kappa shape index (κ3) is 4.02. The molecule has 0 aliphatic heterocycles. The summed E-state index contributed by atoms with van der Waals surface area (Å²) in [5, 5.41) is 2.91. The molecule has 0 saturated carbocycles. The van der Waals surface area contributed by atoms with Crippen molar-refractivity contribution in [1.29, 1.82) is 0 Å². The van der Waals surface area contributed by atoms with Gasteiger partial charge in [0.1, 0.15) is 6.54 Å². The van der Waals surface area contributed by atoms with Crippen molar-refractivity contribution in [1.82, 2.24) is 14.9 Å². The van der Waals surface area contributed by atoms with E-state index in [-0.39, 0.29) is 11.9 Å². The van der Waals surface area contributed by atoms with Crippen molar-refractivity contribution in [3.63, 3.8) is 0 Å². The van der Waals surface area contributed by atoms with Gasteiger partial charge in [-0.05, 0) is 19.9 Å². The predicted octanol–water partition coefficient (Wildman–Crippen LogP) is 0.299. The van der Waals surface area contributed by atoms with Gasteiger partial charge in [0.2, 0.25) is 5.91 Å². The Morgan fingerprint density at radius 3 is 3.06 bits per heavy atom. The number of hydrogen-bond donors (Lipinski definition) is 2. The van der Waals surface area contributed by atoms with Gasteiger partial charge in [0.15, 0.2) is 0 Å². The van der Waals surface area contributed by atoms with Crippen molar-refractivity contribution in [3.8, 4) is 0 Å². The van der Waals surface area contributed by atoms with E-state index < -0.39 is 0 Å². The van der Waals surface area contributed by atoms with Gasteiger partial charge in [-0.25, -0.2) is 4.98 Å². The smallest absolute Gasteiger partial charge is 0.240 e. The monoisotopic (exact) mass is 224 g/mol. The van der Waals surface area contributed by atoms with Gasteiger partial charge in [-0.3, -0.25) is 4.79 Å². The molecule has 1 aromatic heterocycles. The maximum atomic E-state index is 11.6. The summed E-state index contributed by atoms with van der Waals surface area (Å²) < 4.78 is 1.78. The zero-order valence-corrected chi connectivity index (χ0v) is 9.94. The first-order valence-electron chi connectivity index (χ1n) is 5.65. The van der Waals surface area contributed by atoms with Crippen molar-refractivity contribution in [3.05, 3.63) is 18.2 Å². The second kappa shape index (κ2) is 6.27. The van der Waals surface area contributed by atoms with Gasteiger partial charge < -0.3 is 15.6 Å². The molecule has 0 aromatic carbocycles. The van der Waals surface area contributed by atoms with Crippen LogP contribution in [0, 0.1) is 0 Å². The molecule has 0 saturated heterocycles. The SMILES string of the molecule is CCC(C)NC(=O)Cn1cnc(CCN)c1. The van der Waals surface area contributed by atoms with E-state index in [9.17, 15) is 4.79 Å². The van der Waals surface area contributed by atoms with Crippen molar-refractivity contribution in [2.45, 2.75) is 39.3 Å². The third-order valence-electron chi connectivity index (χ3n) is 2.43. The minimum absolute atomic E-state index is 0.0195. The molecule has 1 amide bonds. The van der Waals surface area contributed by atoms with E-state index in [1.807, 2.05) is 20.0 Å². The molecule has 1 aromatic rings. The second-order valence-electron chi connectivity index (χ2n) is 3.95. The highest BCUT2D eigenvalue weighted by Gasteiger charge is 2.06. The number of rotatable bonds is 6. The summed E-state index contributed by atoms with van der Waals surface area (Å²) in [6.07, 6.45) is 5.22. The number of imidazole rings is 1. The van der Waals surface area contributed by atoms with E-state index in [1.54, 1.807) is 10.9 Å². The Bertz CT molecular complexity index is 334. The van der Waals surface area contributed by atoms with Gasteiger partial charge in [0.05, 0.1) is 12.0 Å². The standard InChI is InChI=1S/C11H20N4O/c1-3-9(2)14-11(16)7-15-6-10(4-5-12)13-8-15/h6,8-9H,3-5,7,12H2,1-2H3,(H,14,16). The molecule has 90 valence electrons. The number of nitrogens with two attached hydrogens (primary N) is 1. The minimum atomic E-state index is 0.0195. The zero-order valence-electron chi connectivity index (χ0n) is 9.94. The Labute approximate surface area is 96.0 Å². The summed E-state index contributed by atoms with van der Waals surface area (Å²) in [4.78, 5) is 15.7. The summed E-state index contributed by atoms with van der Waals surface area (Å²) in [5.74, 6) is 0.0195. The fourth-order valence-corrected chi connectivity index (χ4v) is 1.36. The first-order valence-corrected chi connectivity index (χ1v) is 5.65. The lowest BCUT2D eigenvalue weighted by Gasteiger charge is -2.11. The Hall–Kier alpha value is -1.36. The normalized spacial score (nSPS) is 12.4. The van der Waals surface area contributed by atoms with E-state index >= 15 is 0 Å². The molecule has 1 rings (SSSR count). The topological polar surface area (TPSA) is 72.9 Å². The van der Waals surface area contributed by atoms with E-state index in [0.717, 1.165) is 18.5 Å². The van der Waals surface area contributed by atoms with Crippen LogP contribution < -0.4 is 11.1 Å². The van der Waals surface area contributed by atoms with Crippen molar-refractivity contribution >= 4 is 5.91 Å². The lowest BCUT2D eigenvalue weighted by molar-refractivity contribution is -0.122. The molecule has 1 heterocycles. The fraction of sp³-hybridized carbons (Fsp3) is 0.636. The van der Waals surface area contributed by atoms with Crippen molar-refractivity contribution in [2.75, 3.05) is 6.54 Å². The number of nitrogens with zero attached hydrogens (tertiary/aromatic N) is 2. The lowest BCUT2D eigenvalue weighted by atomic mass is 10.2. The predicted molar refractivity (Wildman–Crippen MR) is 62.9 cm³/mol. The van der Waals surface area contributed by atoms with E-state index in [0.29, 0.717) is 13.1 Å². The van der Waals surface area contributed by atoms with Crippen LogP contribution in [0.4, 0.5) is 0 Å². The number of hydrogen-bond acceptors (Lipinski definition) is 3. The number of nitrogens with one attached hydrogen (secondary N) is 1. The number of aromatic nitrogens is 2. The number of amides is 1. The molecule has 5 nitrogen and oxygen atoms in total. The van der Waals surface area contributed by atoms with Crippen molar-refractivity contribution in [2.24, 2.45) is 5.73 Å². The lowest BCUT2D eigenvalue weighted by Crippen LogP contribution is -2.34. The van der Waals surface area contributed by atoms with Gasteiger partial charge in [-0.2, -0.15) is 0 Å². The molecule has 5 heteroatoms. The summed E-state index contributed by atoms with van der Waals surface area (Å²) in [5.41, 5.74) is 6.36. The molecule has 1 unspecified atom stereocenters. The van der Waals surface area contributed by atoms with Crippen LogP contribution in [0.3, 0.4) is 0 Å². The van der Waals surface area contributed by atoms with E-state index in [4.69, 9.17) is 5.73 Å². The highest BCUT2D eigenvalue weighted by Crippen LogP contribution is 1.97. The van der Waals surface area contributed by atoms with Gasteiger partial charge in [-0.1, -0.05) is 6.92 Å². The molecule has 0 fully saturated rings. The summed E-state index contributed by atoms with van der Waals surface area (Å²) in [6, 6.07) is 0.222. The number of carbonyl (C=O) groups is 1. The average molecular weight is 224 g/mol. The first kappa shape index (κ1) is 12.7. The summed E-state index contributed by atoms with van der Waals surface area (Å²) >= 11 is 0. The van der Waals surface area contributed by atoms with Crippen molar-refractivity contribution < 1.29 is 4.79 Å². The molecule has 0 bridgehead atoms. The minimum Gasteiger partial charge on any atom is -0.352 e. The average Bonchev–Trinajstić information content (AvgIpc) is 2.65. The largest absolute Gasteiger partial charge is 0.352 e. The molecule has 1 atom stereocenters. The van der Waals surface area contributed by atoms with Crippen LogP contribution in [0.15, 0.2) is 12.5 Å². The van der Waals surface area contributed by atoms with Gasteiger partial charge in [0.25, 0.3) is 0 Å². The van der Waals surface area contributed by atoms with Crippen LogP contribution >= 0.6 is 0 Å². The zero-order chi connectivity index (χ0) is 12.0. The molecule has 0 radical (unpaired) electrons.